The molecule has 0 aliphatic heterocycles. The number of nitrogens with two attached hydrogens (primary N) is 1. The molecular weight excluding hydrogens is 416 g/mol. The molecule has 0 saturated carbocycles. The fourth-order valence-corrected chi connectivity index (χ4v) is 2.76. The SMILES string of the molecule is COCCN(CCOC)c1ncnc(NNC(=O)c2ccccc2Br)c1N. The van der Waals surface area contributed by atoms with Gasteiger partial charge in [0.15, 0.2) is 11.6 Å². The minimum atomic E-state index is -0.322. The quantitative estimate of drug-likeness (QED) is 0.479. The van der Waals surface area contributed by atoms with Gasteiger partial charge in [-0.2, -0.15) is 0 Å². The highest BCUT2D eigenvalue weighted by molar-refractivity contribution is 9.10. The Morgan fingerprint density at radius 3 is 2.48 bits per heavy atom. The van der Waals surface area contributed by atoms with E-state index in [9.17, 15) is 4.79 Å². The highest BCUT2D eigenvalue weighted by atomic mass is 79.9. The molecule has 0 radical (unpaired) electrons. The predicted molar refractivity (Wildman–Crippen MR) is 108 cm³/mol. The highest BCUT2D eigenvalue weighted by Gasteiger charge is 2.16. The van der Waals surface area contributed by atoms with Gasteiger partial charge in [0.25, 0.3) is 5.91 Å². The van der Waals surface area contributed by atoms with Gasteiger partial charge in [-0.1, -0.05) is 12.1 Å². The molecular formula is C17H23BrN6O3. The van der Waals surface area contributed by atoms with E-state index in [0.717, 1.165) is 0 Å². The lowest BCUT2D eigenvalue weighted by Crippen LogP contribution is -2.33. The van der Waals surface area contributed by atoms with E-state index >= 15 is 0 Å². The Bertz CT molecular complexity index is 753. The molecule has 0 aliphatic carbocycles. The van der Waals surface area contributed by atoms with Gasteiger partial charge < -0.3 is 20.1 Å². The molecule has 10 heteroatoms. The monoisotopic (exact) mass is 438 g/mol. The molecule has 1 aromatic heterocycles. The van der Waals surface area contributed by atoms with Crippen LogP contribution in [0.5, 0.6) is 0 Å². The Kier molecular flexibility index (Phi) is 8.24. The van der Waals surface area contributed by atoms with E-state index in [1.54, 1.807) is 32.4 Å². The zero-order valence-corrected chi connectivity index (χ0v) is 16.8. The Morgan fingerprint density at radius 1 is 1.19 bits per heavy atom. The summed E-state index contributed by atoms with van der Waals surface area (Å²) in [4.78, 5) is 22.6. The fourth-order valence-electron chi connectivity index (χ4n) is 2.29. The second-order valence-corrected chi connectivity index (χ2v) is 6.35. The number of amides is 1. The molecule has 2 aromatic rings. The fraction of sp³-hybridized carbons (Fsp3) is 0.353. The molecule has 1 amide bonds. The summed E-state index contributed by atoms with van der Waals surface area (Å²) >= 11 is 3.35. The number of carbonyl (C=O) groups is 1. The highest BCUT2D eigenvalue weighted by Crippen LogP contribution is 2.25. The summed E-state index contributed by atoms with van der Waals surface area (Å²) in [5.74, 6) is 0.523. The van der Waals surface area contributed by atoms with E-state index in [1.807, 2.05) is 11.0 Å². The standard InChI is InChI=1S/C17H23BrN6O3/c1-26-9-7-24(8-10-27-2)16-14(19)15(20-11-21-16)22-23-17(25)12-5-3-4-6-13(12)18/h3-6,11H,7-10,19H2,1-2H3,(H,23,25)(H,20,21,22). The summed E-state index contributed by atoms with van der Waals surface area (Å²) in [7, 11) is 3.25. The van der Waals surface area contributed by atoms with Crippen LogP contribution in [0.25, 0.3) is 0 Å². The van der Waals surface area contributed by atoms with Crippen LogP contribution in [-0.4, -0.2) is 56.4 Å². The average molecular weight is 439 g/mol. The number of benzene rings is 1. The minimum Gasteiger partial charge on any atom is -0.393 e. The Hall–Kier alpha value is -2.43. The number of hydrogen-bond donors (Lipinski definition) is 3. The van der Waals surface area contributed by atoms with Crippen LogP contribution >= 0.6 is 15.9 Å². The minimum absolute atomic E-state index is 0.306. The average Bonchev–Trinajstić information content (AvgIpc) is 2.68. The number of carbonyl (C=O) groups excluding carboxylic acids is 1. The van der Waals surface area contributed by atoms with E-state index in [-0.39, 0.29) is 5.91 Å². The molecule has 146 valence electrons. The van der Waals surface area contributed by atoms with Crippen molar-refractivity contribution >= 4 is 39.2 Å². The van der Waals surface area contributed by atoms with Gasteiger partial charge in [0.1, 0.15) is 12.0 Å². The van der Waals surface area contributed by atoms with Crippen LogP contribution in [0.4, 0.5) is 17.3 Å². The lowest BCUT2D eigenvalue weighted by molar-refractivity contribution is 0.0961. The number of rotatable bonds is 10. The van der Waals surface area contributed by atoms with Crippen LogP contribution < -0.4 is 21.5 Å². The number of halogens is 1. The number of aromatic nitrogens is 2. The maximum atomic E-state index is 12.3. The maximum absolute atomic E-state index is 12.3. The first-order valence-electron chi connectivity index (χ1n) is 8.22. The smallest absolute Gasteiger partial charge is 0.270 e. The third kappa shape index (κ3) is 5.78. The molecule has 0 spiro atoms. The van der Waals surface area contributed by atoms with Crippen molar-refractivity contribution in [2.45, 2.75) is 0 Å². The molecule has 0 saturated heterocycles. The normalized spacial score (nSPS) is 10.5. The van der Waals surface area contributed by atoms with Crippen LogP contribution in [0.3, 0.4) is 0 Å². The summed E-state index contributed by atoms with van der Waals surface area (Å²) in [6, 6.07) is 7.10. The number of nitrogens with zero attached hydrogens (tertiary/aromatic N) is 3. The summed E-state index contributed by atoms with van der Waals surface area (Å²) < 4.78 is 11.0. The van der Waals surface area contributed by atoms with Gasteiger partial charge in [-0.05, 0) is 28.1 Å². The summed E-state index contributed by atoms with van der Waals surface area (Å²) in [6.07, 6.45) is 1.38. The number of ether oxygens (including phenoxy) is 2. The lowest BCUT2D eigenvalue weighted by atomic mass is 10.2. The molecule has 9 nitrogen and oxygen atoms in total. The zero-order chi connectivity index (χ0) is 19.6. The van der Waals surface area contributed by atoms with E-state index in [0.29, 0.717) is 53.7 Å². The number of anilines is 3. The van der Waals surface area contributed by atoms with E-state index in [4.69, 9.17) is 15.2 Å². The first-order chi connectivity index (χ1) is 13.1. The molecule has 2 rings (SSSR count). The molecule has 0 aliphatic rings. The molecule has 1 aromatic carbocycles. The van der Waals surface area contributed by atoms with E-state index in [1.165, 1.54) is 6.33 Å². The van der Waals surface area contributed by atoms with Gasteiger partial charge in [-0.3, -0.25) is 15.6 Å². The molecule has 0 atom stereocenters. The van der Waals surface area contributed by atoms with Crippen LogP contribution in [0, 0.1) is 0 Å². The van der Waals surface area contributed by atoms with Crippen LogP contribution in [0.2, 0.25) is 0 Å². The molecule has 4 N–H and O–H groups in total. The zero-order valence-electron chi connectivity index (χ0n) is 15.2. The van der Waals surface area contributed by atoms with Crippen LogP contribution in [0.15, 0.2) is 35.1 Å². The van der Waals surface area contributed by atoms with Crippen molar-refractivity contribution in [2.24, 2.45) is 0 Å². The first-order valence-corrected chi connectivity index (χ1v) is 9.02. The van der Waals surface area contributed by atoms with Gasteiger partial charge >= 0.3 is 0 Å². The molecule has 0 unspecified atom stereocenters. The van der Waals surface area contributed by atoms with Crippen molar-refractivity contribution in [1.29, 1.82) is 0 Å². The van der Waals surface area contributed by atoms with Crippen LogP contribution in [-0.2, 0) is 9.47 Å². The number of hydrazine groups is 1. The molecule has 1 heterocycles. The Balaban J connectivity index is 2.12. The predicted octanol–water partition coefficient (Wildman–Crippen LogP) is 1.68. The molecule has 0 fully saturated rings. The molecule has 0 bridgehead atoms. The van der Waals surface area contributed by atoms with Gasteiger partial charge in [0, 0.05) is 31.8 Å². The van der Waals surface area contributed by atoms with Crippen molar-refractivity contribution in [3.8, 4) is 0 Å². The van der Waals surface area contributed by atoms with Crippen molar-refractivity contribution in [3.05, 3.63) is 40.6 Å². The second kappa shape index (κ2) is 10.7. The largest absolute Gasteiger partial charge is 0.393 e. The van der Waals surface area contributed by atoms with Gasteiger partial charge in [0.05, 0.1) is 18.8 Å². The number of methoxy groups -OCH3 is 2. The van der Waals surface area contributed by atoms with Gasteiger partial charge in [-0.15, -0.1) is 0 Å². The number of nitrogens with one attached hydrogen (secondary N) is 2. The Morgan fingerprint density at radius 2 is 1.85 bits per heavy atom. The lowest BCUT2D eigenvalue weighted by Gasteiger charge is -2.25. The Labute approximate surface area is 166 Å². The maximum Gasteiger partial charge on any atom is 0.270 e. The summed E-state index contributed by atoms with van der Waals surface area (Å²) in [5, 5.41) is 0. The number of nitrogen functional groups attached to an aromatic ring is 1. The third-order valence-corrected chi connectivity index (χ3v) is 4.40. The molecule has 27 heavy (non-hydrogen) atoms. The van der Waals surface area contributed by atoms with Gasteiger partial charge in [-0.25, -0.2) is 9.97 Å². The van der Waals surface area contributed by atoms with Gasteiger partial charge in [0.2, 0.25) is 0 Å². The van der Waals surface area contributed by atoms with Crippen molar-refractivity contribution in [3.63, 3.8) is 0 Å². The third-order valence-electron chi connectivity index (χ3n) is 3.71. The summed E-state index contributed by atoms with van der Waals surface area (Å²) in [5.41, 5.74) is 12.4. The van der Waals surface area contributed by atoms with E-state index in [2.05, 4.69) is 36.7 Å². The number of hydrogen-bond acceptors (Lipinski definition) is 8. The van der Waals surface area contributed by atoms with Crippen LogP contribution in [0.1, 0.15) is 10.4 Å². The van der Waals surface area contributed by atoms with Crippen molar-refractivity contribution < 1.29 is 14.3 Å². The van der Waals surface area contributed by atoms with E-state index < -0.39 is 0 Å². The topological polar surface area (TPSA) is 115 Å². The summed E-state index contributed by atoms with van der Waals surface area (Å²) in [6.45, 7) is 2.19. The first kappa shape index (κ1) is 20.9. The van der Waals surface area contributed by atoms with Crippen molar-refractivity contribution in [1.82, 2.24) is 15.4 Å². The van der Waals surface area contributed by atoms with Crippen molar-refractivity contribution in [2.75, 3.05) is 56.6 Å². The second-order valence-electron chi connectivity index (χ2n) is 5.49.